The Morgan fingerprint density at radius 3 is 2.68 bits per heavy atom. The molecule has 2 unspecified atom stereocenters. The van der Waals surface area contributed by atoms with Crippen molar-refractivity contribution in [2.75, 3.05) is 24.3 Å². The van der Waals surface area contributed by atoms with Gasteiger partial charge in [-0.1, -0.05) is 0 Å². The molecular weight excluding hydrogens is 252 g/mol. The summed E-state index contributed by atoms with van der Waals surface area (Å²) >= 11 is 0. The van der Waals surface area contributed by atoms with Crippen LogP contribution in [0.25, 0.3) is 0 Å². The van der Waals surface area contributed by atoms with Crippen LogP contribution in [-0.2, 0) is 4.74 Å². The fourth-order valence-electron chi connectivity index (χ4n) is 2.34. The largest absolute Gasteiger partial charge is 0.381 e. The molecule has 0 aliphatic heterocycles. The zero-order valence-electron chi connectivity index (χ0n) is 11.2. The van der Waals surface area contributed by atoms with Gasteiger partial charge in [0.05, 0.1) is 6.10 Å². The summed E-state index contributed by atoms with van der Waals surface area (Å²) < 4.78 is 32.4. The number of nitrogens with one attached hydrogen (secondary N) is 2. The van der Waals surface area contributed by atoms with Crippen LogP contribution in [0.5, 0.6) is 0 Å². The van der Waals surface area contributed by atoms with E-state index in [1.807, 2.05) is 6.92 Å². The third-order valence-corrected chi connectivity index (χ3v) is 3.33. The Morgan fingerprint density at radius 1 is 1.32 bits per heavy atom. The molecule has 0 amide bonds. The topological polar surface area (TPSA) is 46.2 Å². The highest BCUT2D eigenvalue weighted by molar-refractivity contribution is 5.48. The van der Waals surface area contributed by atoms with E-state index in [9.17, 15) is 8.78 Å². The maximum Gasteiger partial charge on any atom is 0.168 e. The second-order valence-electron chi connectivity index (χ2n) is 4.69. The maximum atomic E-state index is 13.7. The molecule has 0 saturated heterocycles. The Kier molecular flexibility index (Phi) is 4.52. The number of anilines is 2. The molecule has 1 heterocycles. The highest BCUT2D eigenvalue weighted by atomic mass is 19.1. The molecule has 4 nitrogen and oxygen atoms in total. The molecule has 1 aromatic rings. The van der Waals surface area contributed by atoms with Crippen LogP contribution in [0.1, 0.15) is 26.2 Å². The number of rotatable bonds is 5. The van der Waals surface area contributed by atoms with Gasteiger partial charge in [0.15, 0.2) is 23.3 Å². The van der Waals surface area contributed by atoms with E-state index in [0.717, 1.165) is 25.3 Å². The van der Waals surface area contributed by atoms with Crippen molar-refractivity contribution in [3.05, 3.63) is 17.7 Å². The Labute approximate surface area is 111 Å². The molecule has 1 saturated carbocycles. The van der Waals surface area contributed by atoms with E-state index in [0.29, 0.717) is 6.54 Å². The van der Waals surface area contributed by atoms with E-state index in [1.54, 1.807) is 7.11 Å². The monoisotopic (exact) mass is 271 g/mol. The van der Waals surface area contributed by atoms with E-state index >= 15 is 0 Å². The summed E-state index contributed by atoms with van der Waals surface area (Å²) in [5.74, 6) is -1.17. The Bertz CT molecular complexity index is 442. The summed E-state index contributed by atoms with van der Waals surface area (Å²) in [6.45, 7) is 2.36. The van der Waals surface area contributed by atoms with Crippen molar-refractivity contribution in [3.8, 4) is 0 Å². The average molecular weight is 271 g/mol. The highest BCUT2D eigenvalue weighted by Crippen LogP contribution is 2.26. The molecule has 0 spiro atoms. The van der Waals surface area contributed by atoms with Gasteiger partial charge >= 0.3 is 0 Å². The predicted octanol–water partition coefficient (Wildman–Crippen LogP) is 2.77. The molecule has 1 fully saturated rings. The first kappa shape index (κ1) is 14.0. The van der Waals surface area contributed by atoms with Gasteiger partial charge in [0.2, 0.25) is 0 Å². The number of ether oxygens (including phenoxy) is 1. The lowest BCUT2D eigenvalue weighted by molar-refractivity contribution is 0.108. The molecule has 0 aromatic carbocycles. The minimum absolute atomic E-state index is 0.0766. The normalized spacial score (nSPS) is 22.5. The van der Waals surface area contributed by atoms with Gasteiger partial charge in [-0.15, -0.1) is 0 Å². The molecule has 0 radical (unpaired) electrons. The summed E-state index contributed by atoms with van der Waals surface area (Å²) in [6, 6.07) is 0.975. The number of aromatic nitrogens is 1. The van der Waals surface area contributed by atoms with Crippen LogP contribution in [0, 0.1) is 11.6 Å². The van der Waals surface area contributed by atoms with E-state index in [4.69, 9.17) is 4.74 Å². The van der Waals surface area contributed by atoms with Crippen LogP contribution in [0.3, 0.4) is 0 Å². The number of halogens is 2. The number of methoxy groups -OCH3 is 1. The lowest BCUT2D eigenvalue weighted by atomic mass is 10.2. The average Bonchev–Trinajstić information content (AvgIpc) is 2.83. The third kappa shape index (κ3) is 3.32. The first-order valence-corrected chi connectivity index (χ1v) is 6.53. The van der Waals surface area contributed by atoms with Crippen molar-refractivity contribution >= 4 is 11.6 Å². The van der Waals surface area contributed by atoms with Gasteiger partial charge in [-0.2, -0.15) is 0 Å². The van der Waals surface area contributed by atoms with E-state index < -0.39 is 11.6 Å². The van der Waals surface area contributed by atoms with E-state index in [2.05, 4.69) is 15.6 Å². The minimum Gasteiger partial charge on any atom is -0.381 e. The van der Waals surface area contributed by atoms with E-state index in [1.165, 1.54) is 0 Å². The van der Waals surface area contributed by atoms with Crippen molar-refractivity contribution in [1.82, 2.24) is 4.98 Å². The first-order valence-electron chi connectivity index (χ1n) is 6.53. The summed E-state index contributed by atoms with van der Waals surface area (Å²) in [7, 11) is 1.67. The van der Waals surface area contributed by atoms with Crippen molar-refractivity contribution in [2.24, 2.45) is 0 Å². The standard InChI is InChI=1S/C13H19F2N3O/c1-3-16-12-10(14)7-11(15)13(18-12)17-8-4-5-9(6-8)19-2/h7-9H,3-6H2,1-2H3,(H2,16,17,18). The van der Waals surface area contributed by atoms with Gasteiger partial charge in [-0.05, 0) is 26.2 Å². The predicted molar refractivity (Wildman–Crippen MR) is 70.4 cm³/mol. The van der Waals surface area contributed by atoms with E-state index in [-0.39, 0.29) is 23.8 Å². The minimum atomic E-state index is -0.675. The van der Waals surface area contributed by atoms with Crippen LogP contribution < -0.4 is 10.6 Å². The van der Waals surface area contributed by atoms with Gasteiger partial charge in [-0.25, -0.2) is 13.8 Å². The molecule has 1 aromatic heterocycles. The molecule has 6 heteroatoms. The van der Waals surface area contributed by atoms with Gasteiger partial charge in [0.1, 0.15) is 0 Å². The lowest BCUT2D eigenvalue weighted by Gasteiger charge is -2.15. The van der Waals surface area contributed by atoms with Crippen LogP contribution in [0.4, 0.5) is 20.4 Å². The maximum absolute atomic E-state index is 13.7. The smallest absolute Gasteiger partial charge is 0.168 e. The number of nitrogens with zero attached hydrogens (tertiary/aromatic N) is 1. The second kappa shape index (κ2) is 6.14. The van der Waals surface area contributed by atoms with Crippen LogP contribution in [-0.4, -0.2) is 30.8 Å². The fraction of sp³-hybridized carbons (Fsp3) is 0.615. The van der Waals surface area contributed by atoms with Crippen molar-refractivity contribution < 1.29 is 13.5 Å². The quantitative estimate of drug-likeness (QED) is 0.864. The van der Waals surface area contributed by atoms with Crippen LogP contribution in [0.2, 0.25) is 0 Å². The molecule has 19 heavy (non-hydrogen) atoms. The van der Waals surface area contributed by atoms with Gasteiger partial charge in [-0.3, -0.25) is 0 Å². The summed E-state index contributed by atoms with van der Waals surface area (Å²) in [4.78, 5) is 3.96. The number of pyridine rings is 1. The number of hydrogen-bond acceptors (Lipinski definition) is 4. The first-order chi connectivity index (χ1) is 9.13. The second-order valence-corrected chi connectivity index (χ2v) is 4.69. The lowest BCUT2D eigenvalue weighted by Crippen LogP contribution is -2.19. The summed E-state index contributed by atoms with van der Waals surface area (Å²) in [6.07, 6.45) is 2.85. The van der Waals surface area contributed by atoms with Crippen molar-refractivity contribution in [1.29, 1.82) is 0 Å². The summed E-state index contributed by atoms with van der Waals surface area (Å²) in [5, 5.41) is 5.80. The molecule has 1 aliphatic rings. The third-order valence-electron chi connectivity index (χ3n) is 3.33. The highest BCUT2D eigenvalue weighted by Gasteiger charge is 2.25. The van der Waals surface area contributed by atoms with Crippen LogP contribution in [0.15, 0.2) is 6.07 Å². The van der Waals surface area contributed by atoms with Crippen molar-refractivity contribution in [3.63, 3.8) is 0 Å². The molecular formula is C13H19F2N3O. The van der Waals surface area contributed by atoms with Gasteiger partial charge in [0, 0.05) is 25.8 Å². The molecule has 0 bridgehead atoms. The fourth-order valence-corrected chi connectivity index (χ4v) is 2.34. The molecule has 2 atom stereocenters. The Morgan fingerprint density at radius 2 is 2.05 bits per heavy atom. The Balaban J connectivity index is 2.09. The molecule has 2 rings (SSSR count). The number of hydrogen-bond donors (Lipinski definition) is 2. The van der Waals surface area contributed by atoms with Crippen molar-refractivity contribution in [2.45, 2.75) is 38.3 Å². The van der Waals surface area contributed by atoms with Crippen LogP contribution >= 0.6 is 0 Å². The van der Waals surface area contributed by atoms with Gasteiger partial charge in [0.25, 0.3) is 0 Å². The zero-order chi connectivity index (χ0) is 13.8. The molecule has 2 N–H and O–H groups in total. The zero-order valence-corrected chi connectivity index (χ0v) is 11.2. The SMILES string of the molecule is CCNc1nc(NC2CCC(OC)C2)c(F)cc1F. The Hall–Kier alpha value is -1.43. The summed E-state index contributed by atoms with van der Waals surface area (Å²) in [5.41, 5.74) is 0. The molecule has 1 aliphatic carbocycles. The molecule has 106 valence electrons. The van der Waals surface area contributed by atoms with Gasteiger partial charge < -0.3 is 15.4 Å².